The fourth-order valence-electron chi connectivity index (χ4n) is 7.49. The lowest BCUT2D eigenvalue weighted by Gasteiger charge is -2.42. The summed E-state index contributed by atoms with van der Waals surface area (Å²) in [4.78, 5) is 42.3. The third-order valence-corrected chi connectivity index (χ3v) is 10.1. The van der Waals surface area contributed by atoms with Gasteiger partial charge in [-0.3, -0.25) is 14.6 Å². The van der Waals surface area contributed by atoms with Crippen molar-refractivity contribution in [1.29, 1.82) is 5.26 Å². The summed E-state index contributed by atoms with van der Waals surface area (Å²) < 4.78 is 6.36. The number of hydrogen-bond donors (Lipinski definition) is 1. The Morgan fingerprint density at radius 3 is 2.68 bits per heavy atom. The number of pyridine rings is 1. The molecule has 4 heterocycles. The Bertz CT molecular complexity index is 1860. The van der Waals surface area contributed by atoms with Gasteiger partial charge in [-0.2, -0.15) is 15.2 Å². The summed E-state index contributed by atoms with van der Waals surface area (Å²) in [5.41, 5.74) is 4.44. The summed E-state index contributed by atoms with van der Waals surface area (Å²) in [5, 5.41) is 19.2. The molecule has 0 saturated carbocycles. The summed E-state index contributed by atoms with van der Waals surface area (Å²) in [6.07, 6.45) is 12.0. The Balaban J connectivity index is 0.00000139. The van der Waals surface area contributed by atoms with Gasteiger partial charge in [0, 0.05) is 49.7 Å². The molecule has 2 aliphatic heterocycles. The normalized spacial score (nSPS) is 20.5. The van der Waals surface area contributed by atoms with E-state index in [4.69, 9.17) is 24.6 Å². The number of ether oxygens (including phenoxy) is 1. The number of aromatic nitrogens is 3. The predicted octanol–water partition coefficient (Wildman–Crippen LogP) is 5.12. The number of carbonyl (C=O) groups excluding carboxylic acids is 1. The van der Waals surface area contributed by atoms with Crippen LogP contribution in [0.25, 0.3) is 16.8 Å². The van der Waals surface area contributed by atoms with Crippen LogP contribution in [-0.2, 0) is 22.4 Å². The highest BCUT2D eigenvalue weighted by Gasteiger charge is 2.34. The molecular weight excluding hydrogens is 630 g/mol. The number of rotatable bonds is 8. The van der Waals surface area contributed by atoms with Crippen LogP contribution in [0.4, 0.5) is 5.82 Å². The Morgan fingerprint density at radius 2 is 1.90 bits per heavy atom. The first kappa shape index (κ1) is 34.5. The summed E-state index contributed by atoms with van der Waals surface area (Å²) in [7, 11) is 2.15. The monoisotopic (exact) mass is 673 g/mol. The minimum absolute atomic E-state index is 0.0962. The van der Waals surface area contributed by atoms with E-state index in [2.05, 4.69) is 70.4 Å². The van der Waals surface area contributed by atoms with Crippen molar-refractivity contribution < 1.29 is 19.4 Å². The minimum Gasteiger partial charge on any atom is -0.483 e. The Morgan fingerprint density at radius 1 is 1.06 bits per heavy atom. The van der Waals surface area contributed by atoms with Crippen LogP contribution >= 0.6 is 0 Å². The summed E-state index contributed by atoms with van der Waals surface area (Å²) >= 11 is 0. The van der Waals surface area contributed by atoms with Crippen LogP contribution in [-0.4, -0.2) is 94.2 Å². The van der Waals surface area contributed by atoms with E-state index in [1.165, 1.54) is 28.3 Å². The fourth-order valence-corrected chi connectivity index (χ4v) is 7.49. The number of hydrogen-bond acceptors (Lipinski definition) is 9. The van der Waals surface area contributed by atoms with Crippen molar-refractivity contribution in [3.8, 4) is 12.1 Å². The molecule has 3 atom stereocenters. The molecule has 258 valence electrons. The topological polar surface area (TPSA) is 136 Å². The molecule has 4 aromatic rings. The van der Waals surface area contributed by atoms with E-state index in [-0.39, 0.29) is 24.8 Å². The van der Waals surface area contributed by atoms with Gasteiger partial charge in [-0.05, 0) is 85.7 Å². The van der Waals surface area contributed by atoms with E-state index in [0.29, 0.717) is 44.2 Å². The highest BCUT2D eigenvalue weighted by molar-refractivity contribution is 5.92. The van der Waals surface area contributed by atoms with Crippen LogP contribution in [0.1, 0.15) is 54.0 Å². The van der Waals surface area contributed by atoms with Crippen molar-refractivity contribution in [1.82, 2.24) is 24.8 Å². The number of nitriles is 1. The first-order chi connectivity index (χ1) is 24.5. The lowest BCUT2D eigenvalue weighted by molar-refractivity contribution is -0.128. The van der Waals surface area contributed by atoms with Gasteiger partial charge in [-0.25, -0.2) is 0 Å². The van der Waals surface area contributed by atoms with Crippen molar-refractivity contribution in [3.63, 3.8) is 0 Å². The Hall–Kier alpha value is -5.34. The number of piperazine rings is 1. The van der Waals surface area contributed by atoms with Crippen LogP contribution in [0.15, 0.2) is 73.1 Å². The van der Waals surface area contributed by atoms with E-state index < -0.39 is 0 Å². The van der Waals surface area contributed by atoms with Crippen LogP contribution in [0.2, 0.25) is 0 Å². The van der Waals surface area contributed by atoms with Gasteiger partial charge in [0.1, 0.15) is 12.4 Å². The van der Waals surface area contributed by atoms with Gasteiger partial charge in [0.25, 0.3) is 6.47 Å². The van der Waals surface area contributed by atoms with Gasteiger partial charge < -0.3 is 24.5 Å². The molecule has 2 fully saturated rings. The quantitative estimate of drug-likeness (QED) is 0.198. The maximum Gasteiger partial charge on any atom is 0.318 e. The van der Waals surface area contributed by atoms with Crippen LogP contribution in [0.5, 0.6) is 6.01 Å². The van der Waals surface area contributed by atoms with E-state index in [9.17, 15) is 10.1 Å². The van der Waals surface area contributed by atoms with Crippen molar-refractivity contribution in [2.24, 2.45) is 0 Å². The zero-order valence-electron chi connectivity index (χ0n) is 28.4. The average Bonchev–Trinajstić information content (AvgIpc) is 3.57. The number of nitrogens with zero attached hydrogens (tertiary/aromatic N) is 7. The molecule has 2 aromatic carbocycles. The van der Waals surface area contributed by atoms with E-state index in [1.54, 1.807) is 24.5 Å². The van der Waals surface area contributed by atoms with Gasteiger partial charge in [0.05, 0.1) is 24.2 Å². The maximum absolute atomic E-state index is 13.3. The van der Waals surface area contributed by atoms with Crippen molar-refractivity contribution in [3.05, 3.63) is 95.5 Å². The molecule has 11 heteroatoms. The molecule has 50 heavy (non-hydrogen) atoms. The number of fused-ring (bicyclic) bond motifs is 2. The molecule has 0 spiro atoms. The molecule has 7 rings (SSSR count). The van der Waals surface area contributed by atoms with E-state index in [0.717, 1.165) is 49.3 Å². The summed E-state index contributed by atoms with van der Waals surface area (Å²) in [6.45, 7) is 3.04. The Labute approximate surface area is 292 Å². The number of benzene rings is 2. The third-order valence-electron chi connectivity index (χ3n) is 10.1. The molecule has 1 aliphatic carbocycles. The van der Waals surface area contributed by atoms with E-state index >= 15 is 0 Å². The number of carbonyl (C=O) groups is 2. The molecule has 2 saturated heterocycles. The zero-order valence-corrected chi connectivity index (χ0v) is 28.4. The number of likely N-dealkylation sites (tertiary alicyclic amines) is 1. The van der Waals surface area contributed by atoms with E-state index in [1.807, 2.05) is 17.0 Å². The lowest BCUT2D eigenvalue weighted by atomic mass is 9.80. The van der Waals surface area contributed by atoms with Gasteiger partial charge in [0.15, 0.2) is 0 Å². The minimum atomic E-state index is -0.256. The second kappa shape index (κ2) is 16.4. The standard InChI is InChI=1S/C38H41N7O2.CH2O2/c1-43-20-6-10-31(43)26-47-38-41-35-23-29(33-12-4-9-28-8-2-3-11-32(28)33)14-15-34(35)37(42-38)44-21-22-45(30(25-44)17-18-39)36(46)16-13-27-7-5-19-40-24-27;2-1-3/h2-5,7-9,11-13,16,19,24,29-31H,6,10,14-15,17,20-23,25-26H2,1H3;1H,(H,2,3)/b16-13+;/t29-,30-,31-;/m0./s1. The molecule has 0 radical (unpaired) electrons. The number of amides is 1. The van der Waals surface area contributed by atoms with Crippen LogP contribution in [0.3, 0.4) is 0 Å². The highest BCUT2D eigenvalue weighted by atomic mass is 16.5. The lowest BCUT2D eigenvalue weighted by Crippen LogP contribution is -2.55. The van der Waals surface area contributed by atoms with Crippen molar-refractivity contribution in [2.45, 2.75) is 56.5 Å². The first-order valence-corrected chi connectivity index (χ1v) is 17.3. The largest absolute Gasteiger partial charge is 0.483 e. The third kappa shape index (κ3) is 7.92. The van der Waals surface area contributed by atoms with Crippen molar-refractivity contribution >= 4 is 35.0 Å². The second-order valence-corrected chi connectivity index (χ2v) is 13.1. The number of anilines is 1. The molecule has 2 aromatic heterocycles. The molecule has 0 unspecified atom stereocenters. The molecule has 0 bridgehead atoms. The zero-order chi connectivity index (χ0) is 34.9. The first-order valence-electron chi connectivity index (χ1n) is 17.3. The number of carboxylic acid groups (broad SMARTS) is 1. The average molecular weight is 674 g/mol. The predicted molar refractivity (Wildman–Crippen MR) is 192 cm³/mol. The van der Waals surface area contributed by atoms with Gasteiger partial charge in [-0.1, -0.05) is 48.5 Å². The van der Waals surface area contributed by atoms with Gasteiger partial charge >= 0.3 is 6.01 Å². The molecule has 1 N–H and O–H groups in total. The summed E-state index contributed by atoms with van der Waals surface area (Å²) in [5.74, 6) is 1.14. The maximum atomic E-state index is 13.3. The van der Waals surface area contributed by atoms with Crippen LogP contribution in [0, 0.1) is 11.3 Å². The smallest absolute Gasteiger partial charge is 0.318 e. The molecular formula is C39H43N7O4. The number of likely N-dealkylation sites (N-methyl/N-ethyl adjacent to an activating group) is 1. The van der Waals surface area contributed by atoms with Crippen molar-refractivity contribution in [2.75, 3.05) is 44.7 Å². The van der Waals surface area contributed by atoms with Gasteiger partial charge in [-0.15, -0.1) is 0 Å². The fraction of sp³-hybridized carbons (Fsp3) is 0.385. The molecule has 1 amide bonds. The second-order valence-electron chi connectivity index (χ2n) is 13.1. The Kier molecular flexibility index (Phi) is 11.3. The molecule has 3 aliphatic rings. The summed E-state index contributed by atoms with van der Waals surface area (Å²) in [6, 6.07) is 21.8. The molecule has 11 nitrogen and oxygen atoms in total. The van der Waals surface area contributed by atoms with Crippen LogP contribution < -0.4 is 9.64 Å². The highest BCUT2D eigenvalue weighted by Crippen LogP contribution is 2.39. The van der Waals surface area contributed by atoms with Gasteiger partial charge in [0.2, 0.25) is 5.91 Å². The SMILES string of the molecule is CN1CCC[C@H]1COc1nc2c(c(N3CCN(C(=O)/C=C/c4cccnc4)[C@@H](CC#N)C3)n1)CC[C@H](c1cccc3ccccc13)C2.O=CO.